The molecule has 0 aromatic carbocycles. The molecule has 1 aliphatic rings. The molecule has 0 saturated heterocycles. The van der Waals surface area contributed by atoms with Crippen molar-refractivity contribution in [2.75, 3.05) is 0 Å². The fraction of sp³-hybridized carbons (Fsp3) is 0.125. The zero-order chi connectivity index (χ0) is 10.7. The zero-order valence-corrected chi connectivity index (χ0v) is 6.98. The molecule has 6 heteroatoms. The molecule has 1 rings (SSSR count). The summed E-state index contributed by atoms with van der Waals surface area (Å²) in [6, 6.07) is 0. The van der Waals surface area contributed by atoms with Gasteiger partial charge in [-0.3, -0.25) is 4.79 Å². The maximum absolute atomic E-state index is 10.8. The van der Waals surface area contributed by atoms with Crippen LogP contribution in [0.4, 0.5) is 0 Å². The molecule has 0 spiro atoms. The summed E-state index contributed by atoms with van der Waals surface area (Å²) in [4.78, 5) is 31.9. The second-order valence-corrected chi connectivity index (χ2v) is 2.55. The van der Waals surface area contributed by atoms with Gasteiger partial charge in [0.15, 0.2) is 5.57 Å². The minimum Gasteiger partial charge on any atom is -0.477 e. The highest BCUT2D eigenvalue weighted by molar-refractivity contribution is 6.14. The molecule has 0 aliphatic carbocycles. The summed E-state index contributed by atoms with van der Waals surface area (Å²) in [7, 11) is 0. The van der Waals surface area contributed by atoms with E-state index in [1.165, 1.54) is 12.2 Å². The van der Waals surface area contributed by atoms with Crippen LogP contribution in [0.5, 0.6) is 0 Å². The molecular weight excluding hydrogens is 190 g/mol. The van der Waals surface area contributed by atoms with Crippen molar-refractivity contribution in [1.82, 2.24) is 5.32 Å². The van der Waals surface area contributed by atoms with Crippen molar-refractivity contribution < 1.29 is 24.6 Å². The molecule has 0 radical (unpaired) electrons. The van der Waals surface area contributed by atoms with Crippen LogP contribution in [0.1, 0.15) is 6.42 Å². The van der Waals surface area contributed by atoms with Gasteiger partial charge in [0.25, 0.3) is 0 Å². The lowest BCUT2D eigenvalue weighted by atomic mass is 10.1. The molecule has 0 unspecified atom stereocenters. The molecule has 1 heterocycles. The predicted molar refractivity (Wildman–Crippen MR) is 44.2 cm³/mol. The smallest absolute Gasteiger partial charge is 0.345 e. The van der Waals surface area contributed by atoms with Gasteiger partial charge >= 0.3 is 11.9 Å². The van der Waals surface area contributed by atoms with Gasteiger partial charge in [-0.2, -0.15) is 0 Å². The molecule has 0 atom stereocenters. The monoisotopic (exact) mass is 197 g/mol. The van der Waals surface area contributed by atoms with Gasteiger partial charge in [-0.25, -0.2) is 9.59 Å². The van der Waals surface area contributed by atoms with Crippen LogP contribution >= 0.6 is 0 Å². The number of hydrogen-bond donors (Lipinski definition) is 3. The lowest BCUT2D eigenvalue weighted by Crippen LogP contribution is -2.28. The van der Waals surface area contributed by atoms with Gasteiger partial charge in [-0.05, 0) is 6.08 Å². The molecule has 14 heavy (non-hydrogen) atoms. The molecule has 0 aromatic rings. The molecule has 0 aromatic heterocycles. The first-order valence-electron chi connectivity index (χ1n) is 3.69. The van der Waals surface area contributed by atoms with Crippen LogP contribution in [0.25, 0.3) is 0 Å². The summed E-state index contributed by atoms with van der Waals surface area (Å²) >= 11 is 0. The fourth-order valence-electron chi connectivity index (χ4n) is 0.994. The standard InChI is InChI=1S/C8H7NO5/c10-5-3-1-2-4(9-5)6(7(11)12)8(13)14/h1-2H,3H2,(H,9,10)(H,11,12)(H,13,14). The zero-order valence-electron chi connectivity index (χ0n) is 6.98. The van der Waals surface area contributed by atoms with Gasteiger partial charge in [0, 0.05) is 6.42 Å². The van der Waals surface area contributed by atoms with Crippen LogP contribution in [0.15, 0.2) is 23.4 Å². The Kier molecular flexibility index (Phi) is 2.66. The summed E-state index contributed by atoms with van der Waals surface area (Å²) in [6.07, 6.45) is 2.79. The fourth-order valence-corrected chi connectivity index (χ4v) is 0.994. The van der Waals surface area contributed by atoms with Gasteiger partial charge in [-0.15, -0.1) is 0 Å². The van der Waals surface area contributed by atoms with E-state index in [1.807, 2.05) is 0 Å². The van der Waals surface area contributed by atoms with Crippen molar-refractivity contribution >= 4 is 17.8 Å². The van der Waals surface area contributed by atoms with Crippen molar-refractivity contribution in [3.05, 3.63) is 23.4 Å². The summed E-state index contributed by atoms with van der Waals surface area (Å²) < 4.78 is 0. The summed E-state index contributed by atoms with van der Waals surface area (Å²) in [6.45, 7) is 0. The number of nitrogens with one attached hydrogen (secondary N) is 1. The highest BCUT2D eigenvalue weighted by atomic mass is 16.4. The molecular formula is C8H7NO5. The van der Waals surface area contributed by atoms with E-state index in [-0.39, 0.29) is 12.1 Å². The Balaban J connectivity index is 3.16. The first-order chi connectivity index (χ1) is 6.52. The molecule has 6 nitrogen and oxygen atoms in total. The molecule has 3 N–H and O–H groups in total. The van der Waals surface area contributed by atoms with Gasteiger partial charge in [-0.1, -0.05) is 6.08 Å². The van der Waals surface area contributed by atoms with Crippen molar-refractivity contribution in [1.29, 1.82) is 0 Å². The van der Waals surface area contributed by atoms with Crippen molar-refractivity contribution in [2.45, 2.75) is 6.42 Å². The molecule has 0 saturated carbocycles. The van der Waals surface area contributed by atoms with E-state index >= 15 is 0 Å². The highest BCUT2D eigenvalue weighted by Crippen LogP contribution is 2.09. The van der Waals surface area contributed by atoms with E-state index in [1.54, 1.807) is 0 Å². The third kappa shape index (κ3) is 1.98. The maximum Gasteiger partial charge on any atom is 0.345 e. The number of aliphatic carboxylic acids is 2. The Labute approximate surface area is 78.5 Å². The Morgan fingerprint density at radius 1 is 1.29 bits per heavy atom. The van der Waals surface area contributed by atoms with E-state index in [4.69, 9.17) is 10.2 Å². The van der Waals surface area contributed by atoms with Crippen molar-refractivity contribution in [3.8, 4) is 0 Å². The first kappa shape index (κ1) is 9.97. The van der Waals surface area contributed by atoms with Crippen LogP contribution in [-0.4, -0.2) is 28.1 Å². The van der Waals surface area contributed by atoms with E-state index in [2.05, 4.69) is 5.32 Å². The molecule has 0 fully saturated rings. The van der Waals surface area contributed by atoms with Crippen LogP contribution < -0.4 is 5.32 Å². The molecule has 1 amide bonds. The number of carboxylic acids is 2. The number of allylic oxidation sites excluding steroid dienone is 1. The van der Waals surface area contributed by atoms with Crippen molar-refractivity contribution in [2.24, 2.45) is 0 Å². The van der Waals surface area contributed by atoms with E-state index in [0.29, 0.717) is 0 Å². The summed E-state index contributed by atoms with van der Waals surface area (Å²) in [5.41, 5.74) is -1.03. The lowest BCUT2D eigenvalue weighted by Gasteiger charge is -2.10. The number of rotatable bonds is 2. The van der Waals surface area contributed by atoms with Crippen LogP contribution in [0.2, 0.25) is 0 Å². The average molecular weight is 197 g/mol. The molecule has 74 valence electrons. The Bertz CT molecular complexity index is 350. The number of carbonyl (C=O) groups is 3. The Hall–Kier alpha value is -2.11. The Morgan fingerprint density at radius 2 is 1.86 bits per heavy atom. The Morgan fingerprint density at radius 3 is 2.29 bits per heavy atom. The second kappa shape index (κ2) is 3.73. The van der Waals surface area contributed by atoms with Crippen LogP contribution in [0, 0.1) is 0 Å². The van der Waals surface area contributed by atoms with E-state index in [0.717, 1.165) is 0 Å². The minimum atomic E-state index is -1.58. The number of carbonyl (C=O) groups excluding carboxylic acids is 1. The average Bonchev–Trinajstić information content (AvgIpc) is 2.02. The first-order valence-corrected chi connectivity index (χ1v) is 3.69. The predicted octanol–water partition coefficient (Wildman–Crippen LogP) is -0.514. The summed E-state index contributed by atoms with van der Waals surface area (Å²) in [5, 5.41) is 19.3. The van der Waals surface area contributed by atoms with Gasteiger partial charge in [0.1, 0.15) is 0 Å². The van der Waals surface area contributed by atoms with Crippen LogP contribution in [-0.2, 0) is 14.4 Å². The SMILES string of the molecule is O=C1CC=CC(=C(C(=O)O)C(=O)O)N1. The quantitative estimate of drug-likeness (QED) is 0.314. The maximum atomic E-state index is 10.8. The normalized spacial score (nSPS) is 14.9. The van der Waals surface area contributed by atoms with E-state index in [9.17, 15) is 14.4 Å². The van der Waals surface area contributed by atoms with Crippen molar-refractivity contribution in [3.63, 3.8) is 0 Å². The lowest BCUT2D eigenvalue weighted by molar-refractivity contribution is -0.140. The van der Waals surface area contributed by atoms with Gasteiger partial charge in [0.05, 0.1) is 5.70 Å². The third-order valence-corrected chi connectivity index (χ3v) is 1.56. The number of amides is 1. The number of hydrogen-bond acceptors (Lipinski definition) is 3. The highest BCUT2D eigenvalue weighted by Gasteiger charge is 2.23. The third-order valence-electron chi connectivity index (χ3n) is 1.56. The van der Waals surface area contributed by atoms with Gasteiger partial charge < -0.3 is 15.5 Å². The number of carboxylic acid groups (broad SMARTS) is 2. The van der Waals surface area contributed by atoms with E-state index < -0.39 is 23.4 Å². The molecule has 1 aliphatic heterocycles. The molecule has 0 bridgehead atoms. The van der Waals surface area contributed by atoms with Gasteiger partial charge in [0.2, 0.25) is 5.91 Å². The second-order valence-electron chi connectivity index (χ2n) is 2.55. The largest absolute Gasteiger partial charge is 0.477 e. The summed E-state index contributed by atoms with van der Waals surface area (Å²) in [5.74, 6) is -3.60. The topological polar surface area (TPSA) is 104 Å². The van der Waals surface area contributed by atoms with Crippen LogP contribution in [0.3, 0.4) is 0 Å². The minimum absolute atomic E-state index is 0.121.